The minimum Gasteiger partial charge on any atom is -0.465 e. The van der Waals surface area contributed by atoms with Crippen LogP contribution in [0, 0.1) is 34.0 Å². The van der Waals surface area contributed by atoms with E-state index in [9.17, 15) is 9.90 Å². The maximum atomic E-state index is 11.2. The first-order chi connectivity index (χ1) is 12.1. The molecule has 0 radical (unpaired) electrons. The molecule has 3 saturated carbocycles. The van der Waals surface area contributed by atoms with Crippen molar-refractivity contribution in [2.75, 3.05) is 6.61 Å². The Morgan fingerprint density at radius 3 is 2.81 bits per heavy atom. The molecule has 4 heteroatoms. The number of allylic oxidation sites excluding steroid dienone is 1. The first-order valence-electron chi connectivity index (χ1n) is 10.3. The van der Waals surface area contributed by atoms with Crippen molar-refractivity contribution in [2.45, 2.75) is 77.2 Å². The standard InChI is InChI=1S/C22H33BrO3/c1-13(24)26-12-19(23)20(2)7-6-16-15(11-20)17(25)9-18-21(16,3)8-5-14-10-22(14,18)4/h6,14-15,17-19,25H,5,7-12H2,1-4H3/t14-,15-,17-,18+,19?,20+,21+,22+/m0/s1. The fraction of sp³-hybridized carbons (Fsp3) is 0.864. The zero-order chi connectivity index (χ0) is 18.9. The molecule has 0 spiro atoms. The van der Waals surface area contributed by atoms with Gasteiger partial charge >= 0.3 is 5.97 Å². The molecule has 3 nitrogen and oxygen atoms in total. The highest BCUT2D eigenvalue weighted by molar-refractivity contribution is 9.09. The largest absolute Gasteiger partial charge is 0.465 e. The number of esters is 1. The molecule has 3 fully saturated rings. The summed E-state index contributed by atoms with van der Waals surface area (Å²) < 4.78 is 5.25. The van der Waals surface area contributed by atoms with E-state index < -0.39 is 0 Å². The van der Waals surface area contributed by atoms with E-state index in [0.717, 1.165) is 25.2 Å². The maximum Gasteiger partial charge on any atom is 0.302 e. The molecule has 0 saturated heterocycles. The number of rotatable bonds is 3. The molecule has 4 aliphatic carbocycles. The number of hydrogen-bond donors (Lipinski definition) is 1. The van der Waals surface area contributed by atoms with Crippen LogP contribution in [0.1, 0.15) is 66.2 Å². The van der Waals surface area contributed by atoms with E-state index in [2.05, 4.69) is 42.8 Å². The third kappa shape index (κ3) is 2.73. The Morgan fingerprint density at radius 2 is 2.12 bits per heavy atom. The third-order valence-electron chi connectivity index (χ3n) is 8.70. The van der Waals surface area contributed by atoms with Crippen LogP contribution in [0.15, 0.2) is 11.6 Å². The molecular formula is C22H33BrO3. The van der Waals surface area contributed by atoms with Gasteiger partial charge in [0.2, 0.25) is 0 Å². The minimum atomic E-state index is -0.233. The first kappa shape index (κ1) is 19.0. The molecule has 1 N–H and O–H groups in total. The van der Waals surface area contributed by atoms with Crippen molar-refractivity contribution in [3.8, 4) is 0 Å². The van der Waals surface area contributed by atoms with E-state index in [-0.39, 0.29) is 33.6 Å². The van der Waals surface area contributed by atoms with E-state index in [1.165, 1.54) is 31.8 Å². The Bertz CT molecular complexity index is 645. The Hall–Kier alpha value is -0.350. The summed E-state index contributed by atoms with van der Waals surface area (Å²) in [7, 11) is 0. The third-order valence-corrected chi connectivity index (χ3v) is 10.1. The van der Waals surface area contributed by atoms with Gasteiger partial charge in [0.25, 0.3) is 0 Å². The molecule has 26 heavy (non-hydrogen) atoms. The number of alkyl halides is 1. The summed E-state index contributed by atoms with van der Waals surface area (Å²) in [6.07, 6.45) is 9.15. The Morgan fingerprint density at radius 1 is 1.38 bits per heavy atom. The van der Waals surface area contributed by atoms with Gasteiger partial charge in [-0.05, 0) is 66.6 Å². The van der Waals surface area contributed by atoms with Crippen molar-refractivity contribution in [3.05, 3.63) is 11.6 Å². The second-order valence-electron chi connectivity index (χ2n) is 10.3. The van der Waals surface area contributed by atoms with Gasteiger partial charge in [-0.1, -0.05) is 48.4 Å². The van der Waals surface area contributed by atoms with Crippen LogP contribution in [0.4, 0.5) is 0 Å². The number of fused-ring (bicyclic) bond motifs is 5. The smallest absolute Gasteiger partial charge is 0.302 e. The van der Waals surface area contributed by atoms with Crippen LogP contribution in [0.25, 0.3) is 0 Å². The van der Waals surface area contributed by atoms with Crippen molar-refractivity contribution in [2.24, 2.45) is 34.0 Å². The van der Waals surface area contributed by atoms with Gasteiger partial charge in [-0.15, -0.1) is 0 Å². The van der Waals surface area contributed by atoms with Crippen molar-refractivity contribution in [3.63, 3.8) is 0 Å². The summed E-state index contributed by atoms with van der Waals surface area (Å²) in [4.78, 5) is 11.3. The highest BCUT2D eigenvalue weighted by Gasteiger charge is 2.66. The van der Waals surface area contributed by atoms with Crippen molar-refractivity contribution >= 4 is 21.9 Å². The molecule has 0 aromatic carbocycles. The first-order valence-corrected chi connectivity index (χ1v) is 11.2. The van der Waals surface area contributed by atoms with Crippen LogP contribution in [0.2, 0.25) is 0 Å². The van der Waals surface area contributed by atoms with Gasteiger partial charge < -0.3 is 9.84 Å². The Labute approximate surface area is 166 Å². The predicted octanol–water partition coefficient (Wildman–Crippen LogP) is 4.86. The number of hydrogen-bond acceptors (Lipinski definition) is 3. The second kappa shape index (κ2) is 6.07. The zero-order valence-corrected chi connectivity index (χ0v) is 18.1. The van der Waals surface area contributed by atoms with Crippen molar-refractivity contribution in [1.82, 2.24) is 0 Å². The molecule has 0 bridgehead atoms. The topological polar surface area (TPSA) is 46.5 Å². The summed E-state index contributed by atoms with van der Waals surface area (Å²) in [6.45, 7) is 9.08. The average molecular weight is 425 g/mol. The average Bonchev–Trinajstić information content (AvgIpc) is 3.26. The van der Waals surface area contributed by atoms with E-state index in [1.54, 1.807) is 0 Å². The highest BCUT2D eigenvalue weighted by atomic mass is 79.9. The van der Waals surface area contributed by atoms with Crippen LogP contribution in [0.3, 0.4) is 0 Å². The molecule has 4 aliphatic rings. The quantitative estimate of drug-likeness (QED) is 0.399. The molecular weight excluding hydrogens is 392 g/mol. The highest BCUT2D eigenvalue weighted by Crippen LogP contribution is 2.73. The lowest BCUT2D eigenvalue weighted by molar-refractivity contribution is -0.141. The van der Waals surface area contributed by atoms with Gasteiger partial charge in [-0.2, -0.15) is 0 Å². The summed E-state index contributed by atoms with van der Waals surface area (Å²) >= 11 is 3.78. The van der Waals surface area contributed by atoms with Gasteiger partial charge in [-0.25, -0.2) is 0 Å². The van der Waals surface area contributed by atoms with Gasteiger partial charge in [0.05, 0.1) is 10.9 Å². The molecule has 0 aliphatic heterocycles. The van der Waals surface area contributed by atoms with E-state index in [0.29, 0.717) is 17.9 Å². The maximum absolute atomic E-state index is 11.2. The van der Waals surface area contributed by atoms with E-state index in [1.807, 2.05) is 0 Å². The normalized spacial score (nSPS) is 50.6. The van der Waals surface area contributed by atoms with E-state index >= 15 is 0 Å². The summed E-state index contributed by atoms with van der Waals surface area (Å²) in [6, 6.07) is 0. The summed E-state index contributed by atoms with van der Waals surface area (Å²) in [5.41, 5.74) is 2.28. The SMILES string of the molecule is CC(=O)OCC(Br)[C@]1(C)CC=C2[C@H](C1)[C@@H](O)C[C@H]1[C@]3(C)C[C@@H]3CC[C@]21C. The molecule has 146 valence electrons. The van der Waals surface area contributed by atoms with Gasteiger partial charge in [0.1, 0.15) is 6.61 Å². The van der Waals surface area contributed by atoms with Gasteiger partial charge in [0.15, 0.2) is 0 Å². The number of carbonyl (C=O) groups is 1. The Balaban J connectivity index is 1.59. The number of aliphatic hydroxyl groups excluding tert-OH is 1. The molecule has 0 aromatic rings. The molecule has 8 atom stereocenters. The molecule has 0 aromatic heterocycles. The predicted molar refractivity (Wildman–Crippen MR) is 106 cm³/mol. The van der Waals surface area contributed by atoms with Gasteiger partial charge in [0, 0.05) is 12.8 Å². The fourth-order valence-corrected chi connectivity index (χ4v) is 7.33. The number of carbonyl (C=O) groups excluding carboxylic acids is 1. The van der Waals surface area contributed by atoms with Crippen molar-refractivity contribution in [1.29, 1.82) is 0 Å². The molecule has 0 heterocycles. The van der Waals surface area contributed by atoms with Crippen LogP contribution >= 0.6 is 15.9 Å². The van der Waals surface area contributed by atoms with Gasteiger partial charge in [-0.3, -0.25) is 4.79 Å². The monoisotopic (exact) mass is 424 g/mol. The molecule has 4 rings (SSSR count). The molecule has 1 unspecified atom stereocenters. The summed E-state index contributed by atoms with van der Waals surface area (Å²) in [5, 5.41) is 11.1. The number of ether oxygens (including phenoxy) is 1. The summed E-state index contributed by atoms with van der Waals surface area (Å²) in [5.74, 6) is 1.56. The van der Waals surface area contributed by atoms with Crippen LogP contribution < -0.4 is 0 Å². The molecule has 0 amide bonds. The number of halogens is 1. The minimum absolute atomic E-state index is 0.00841. The lowest BCUT2D eigenvalue weighted by Crippen LogP contribution is -2.52. The number of aliphatic hydroxyl groups is 1. The van der Waals surface area contributed by atoms with Crippen LogP contribution in [-0.4, -0.2) is 28.6 Å². The zero-order valence-electron chi connectivity index (χ0n) is 16.6. The Kier molecular flexibility index (Phi) is 4.43. The van der Waals surface area contributed by atoms with Crippen LogP contribution in [0.5, 0.6) is 0 Å². The lowest BCUT2D eigenvalue weighted by Gasteiger charge is -2.57. The van der Waals surface area contributed by atoms with Crippen LogP contribution in [-0.2, 0) is 9.53 Å². The van der Waals surface area contributed by atoms with E-state index in [4.69, 9.17) is 4.74 Å². The second-order valence-corrected chi connectivity index (χ2v) is 11.4. The van der Waals surface area contributed by atoms with Crippen molar-refractivity contribution < 1.29 is 14.6 Å². The fourth-order valence-electron chi connectivity index (χ4n) is 6.82. The lowest BCUT2D eigenvalue weighted by atomic mass is 9.48.